The van der Waals surface area contributed by atoms with Crippen LogP contribution in [0.3, 0.4) is 0 Å². The molecule has 0 unspecified atom stereocenters. The number of carbonyl (C=O) groups is 2. The minimum absolute atomic E-state index is 0.0658. The Bertz CT molecular complexity index is 1090. The van der Waals surface area contributed by atoms with Crippen molar-refractivity contribution in [3.05, 3.63) is 51.8 Å². The number of ketones is 1. The fourth-order valence-corrected chi connectivity index (χ4v) is 5.51. The lowest BCUT2D eigenvalue weighted by atomic mass is 10.0. The third kappa shape index (κ3) is 3.94. The number of hydrogen-bond donors (Lipinski definition) is 1. The lowest BCUT2D eigenvalue weighted by Crippen LogP contribution is -2.50. The van der Waals surface area contributed by atoms with Gasteiger partial charge in [0.15, 0.2) is 5.78 Å². The summed E-state index contributed by atoms with van der Waals surface area (Å²) in [6.45, 7) is 10.1. The van der Waals surface area contributed by atoms with Crippen molar-refractivity contribution in [3.63, 3.8) is 0 Å². The number of nitrogens with one attached hydrogen (secondary N) is 1. The summed E-state index contributed by atoms with van der Waals surface area (Å²) in [4.78, 5) is 30.1. The largest absolute Gasteiger partial charge is 0.354 e. The molecule has 8 heteroatoms. The first-order chi connectivity index (χ1) is 14.1. The molecule has 0 spiro atoms. The average molecular weight is 432 g/mol. The summed E-state index contributed by atoms with van der Waals surface area (Å²) in [5, 5.41) is 0. The number of carbonyl (C=O) groups excluding carboxylic acids is 2. The maximum absolute atomic E-state index is 13.1. The van der Waals surface area contributed by atoms with Crippen molar-refractivity contribution in [2.45, 2.75) is 45.9 Å². The molecule has 0 radical (unpaired) electrons. The number of aromatic amines is 1. The van der Waals surface area contributed by atoms with Crippen LogP contribution in [-0.4, -0.2) is 60.5 Å². The first-order valence-electron chi connectivity index (χ1n) is 10.2. The monoisotopic (exact) mass is 431 g/mol. The number of hydrogen-bond acceptors (Lipinski definition) is 4. The van der Waals surface area contributed by atoms with E-state index in [-0.39, 0.29) is 29.7 Å². The summed E-state index contributed by atoms with van der Waals surface area (Å²) in [5.74, 6) is -0.255. The maximum atomic E-state index is 13.1. The molecule has 0 atom stereocenters. The summed E-state index contributed by atoms with van der Waals surface area (Å²) in [6, 6.07) is 5.14. The van der Waals surface area contributed by atoms with E-state index in [2.05, 4.69) is 4.98 Å². The number of rotatable bonds is 5. The van der Waals surface area contributed by atoms with E-state index in [1.54, 1.807) is 24.0 Å². The molecular formula is C22H29N3O4S. The number of Topliss-reactive ketones (excluding diaryl/α,β-unsaturated/α-hetero) is 1. The molecule has 30 heavy (non-hydrogen) atoms. The van der Waals surface area contributed by atoms with Crippen molar-refractivity contribution in [2.75, 3.05) is 26.2 Å². The number of sulfonamides is 1. The highest BCUT2D eigenvalue weighted by Gasteiger charge is 2.32. The van der Waals surface area contributed by atoms with Crippen molar-refractivity contribution in [1.82, 2.24) is 14.2 Å². The molecule has 1 saturated heterocycles. The number of benzene rings is 1. The standard InChI is InChI=1S/C22H29N3O4S/c1-6-19-20(17(5)26)16(4)23-21(19)22(27)24-9-11-25(12-10-24)30(28,29)18-8-7-14(2)15(3)13-18/h7-8,13,23H,6,9-12H2,1-5H3. The van der Waals surface area contributed by atoms with Gasteiger partial charge in [-0.15, -0.1) is 0 Å². The predicted octanol–water partition coefficient (Wildman–Crippen LogP) is 2.85. The lowest BCUT2D eigenvalue weighted by molar-refractivity contribution is 0.0691. The normalized spacial score (nSPS) is 15.4. The molecule has 0 aliphatic carbocycles. The number of aromatic nitrogens is 1. The Morgan fingerprint density at radius 2 is 1.67 bits per heavy atom. The summed E-state index contributed by atoms with van der Waals surface area (Å²) >= 11 is 0. The SMILES string of the molecule is CCc1c(C(=O)N2CCN(S(=O)(=O)c3ccc(C)c(C)c3)CC2)[nH]c(C)c1C(C)=O. The number of amides is 1. The Hall–Kier alpha value is -2.45. The van der Waals surface area contributed by atoms with Gasteiger partial charge in [0.25, 0.3) is 5.91 Å². The number of nitrogens with zero attached hydrogens (tertiary/aromatic N) is 2. The van der Waals surface area contributed by atoms with E-state index in [1.165, 1.54) is 11.2 Å². The molecule has 1 aliphatic rings. The third-order valence-corrected chi connectivity index (χ3v) is 7.75. The van der Waals surface area contributed by atoms with Gasteiger partial charge >= 0.3 is 0 Å². The van der Waals surface area contributed by atoms with Crippen molar-refractivity contribution in [2.24, 2.45) is 0 Å². The van der Waals surface area contributed by atoms with Crippen molar-refractivity contribution < 1.29 is 18.0 Å². The zero-order valence-corrected chi connectivity index (χ0v) is 19.0. The van der Waals surface area contributed by atoms with Crippen LogP contribution in [0.25, 0.3) is 0 Å². The van der Waals surface area contributed by atoms with Crippen molar-refractivity contribution in [1.29, 1.82) is 0 Å². The maximum Gasteiger partial charge on any atom is 0.270 e. The minimum atomic E-state index is -3.60. The molecule has 1 aromatic carbocycles. The average Bonchev–Trinajstić information content (AvgIpc) is 3.05. The molecule has 3 rings (SSSR count). The Balaban J connectivity index is 1.77. The first-order valence-corrected chi connectivity index (χ1v) is 11.6. The molecule has 1 aliphatic heterocycles. The van der Waals surface area contributed by atoms with Crippen LogP contribution in [0.1, 0.15) is 57.1 Å². The zero-order valence-electron chi connectivity index (χ0n) is 18.2. The fourth-order valence-electron chi connectivity index (χ4n) is 4.00. The fraction of sp³-hybridized carbons (Fsp3) is 0.455. The van der Waals surface area contributed by atoms with Gasteiger partial charge < -0.3 is 9.88 Å². The molecule has 2 aromatic rings. The van der Waals surface area contributed by atoms with Crippen LogP contribution in [0.5, 0.6) is 0 Å². The number of piperazine rings is 1. The molecule has 1 N–H and O–H groups in total. The molecule has 0 bridgehead atoms. The van der Waals surface area contributed by atoms with Crippen LogP contribution < -0.4 is 0 Å². The van der Waals surface area contributed by atoms with Crippen molar-refractivity contribution >= 4 is 21.7 Å². The van der Waals surface area contributed by atoms with Gasteiger partial charge in [0.1, 0.15) is 5.69 Å². The molecule has 7 nitrogen and oxygen atoms in total. The van der Waals surface area contributed by atoms with Gasteiger partial charge in [0, 0.05) is 37.4 Å². The third-order valence-electron chi connectivity index (χ3n) is 5.85. The van der Waals surface area contributed by atoms with Crippen molar-refractivity contribution in [3.8, 4) is 0 Å². The Kier molecular flexibility index (Phi) is 6.19. The van der Waals surface area contributed by atoms with E-state index in [4.69, 9.17) is 0 Å². The van der Waals surface area contributed by atoms with Gasteiger partial charge in [-0.2, -0.15) is 4.31 Å². The van der Waals surface area contributed by atoms with Crippen LogP contribution in [-0.2, 0) is 16.4 Å². The summed E-state index contributed by atoms with van der Waals surface area (Å²) in [5.41, 5.74) is 4.42. The summed E-state index contributed by atoms with van der Waals surface area (Å²) in [7, 11) is -3.60. The van der Waals surface area contributed by atoms with Gasteiger partial charge in [-0.3, -0.25) is 9.59 Å². The minimum Gasteiger partial charge on any atom is -0.354 e. The van der Waals surface area contributed by atoms with Gasteiger partial charge in [0.2, 0.25) is 10.0 Å². The van der Waals surface area contributed by atoms with Gasteiger partial charge in [-0.05, 0) is 62.9 Å². The Labute approximate surface area is 178 Å². The highest BCUT2D eigenvalue weighted by Crippen LogP contribution is 2.24. The number of H-pyrrole nitrogens is 1. The quantitative estimate of drug-likeness (QED) is 0.737. The van der Waals surface area contributed by atoms with E-state index in [0.29, 0.717) is 36.5 Å². The summed E-state index contributed by atoms with van der Waals surface area (Å²) < 4.78 is 27.4. The Morgan fingerprint density at radius 1 is 1.03 bits per heavy atom. The molecule has 0 saturated carbocycles. The highest BCUT2D eigenvalue weighted by molar-refractivity contribution is 7.89. The van der Waals surface area contributed by atoms with Gasteiger partial charge in [0.05, 0.1) is 4.90 Å². The smallest absolute Gasteiger partial charge is 0.270 e. The molecule has 162 valence electrons. The van der Waals surface area contributed by atoms with Crippen LogP contribution in [0.4, 0.5) is 0 Å². The molecule has 1 fully saturated rings. The summed E-state index contributed by atoms with van der Waals surface area (Å²) in [6.07, 6.45) is 0.571. The lowest BCUT2D eigenvalue weighted by Gasteiger charge is -2.34. The van der Waals surface area contributed by atoms with E-state index in [1.807, 2.05) is 26.8 Å². The van der Waals surface area contributed by atoms with Crippen LogP contribution >= 0.6 is 0 Å². The van der Waals surface area contributed by atoms with E-state index in [0.717, 1.165) is 16.7 Å². The predicted molar refractivity (Wildman–Crippen MR) is 115 cm³/mol. The molecule has 2 heterocycles. The molecule has 1 aromatic heterocycles. The van der Waals surface area contributed by atoms with Gasteiger partial charge in [-0.25, -0.2) is 8.42 Å². The first kappa shape index (κ1) is 22.2. The second kappa shape index (κ2) is 8.35. The van der Waals surface area contributed by atoms with E-state index in [9.17, 15) is 18.0 Å². The Morgan fingerprint density at radius 3 is 2.20 bits per heavy atom. The molecule has 1 amide bonds. The highest BCUT2D eigenvalue weighted by atomic mass is 32.2. The van der Waals surface area contributed by atoms with E-state index >= 15 is 0 Å². The van der Waals surface area contributed by atoms with E-state index < -0.39 is 10.0 Å². The topological polar surface area (TPSA) is 90.6 Å². The van der Waals surface area contributed by atoms with Gasteiger partial charge in [-0.1, -0.05) is 13.0 Å². The second-order valence-electron chi connectivity index (χ2n) is 7.83. The van der Waals surface area contributed by atoms with Crippen LogP contribution in [0, 0.1) is 20.8 Å². The zero-order chi connectivity index (χ0) is 22.2. The second-order valence-corrected chi connectivity index (χ2v) is 9.77. The molecular weight excluding hydrogens is 402 g/mol. The van der Waals surface area contributed by atoms with Crippen LogP contribution in [0.2, 0.25) is 0 Å². The number of aryl methyl sites for hydroxylation is 3. The van der Waals surface area contributed by atoms with Crippen LogP contribution in [0.15, 0.2) is 23.1 Å².